The standard InChI is InChI=1S/C26H35ClN2O3S.ClH/c1-2-16-33(30,31)28-12-15-32-23-10-8-21-9-11-26(29-13-3-4-14-29)25(24(21)19-23)18-20-6-5-7-22(27)17-20;/h5-8,10,17,19,25-26,28H,2-4,9,11-16,18H2,1H3;1H. The van der Waals surface area contributed by atoms with Gasteiger partial charge in [-0.15, -0.1) is 12.4 Å². The predicted octanol–water partition coefficient (Wildman–Crippen LogP) is 5.21. The summed E-state index contributed by atoms with van der Waals surface area (Å²) in [6.07, 6.45) is 6.38. The summed E-state index contributed by atoms with van der Waals surface area (Å²) >= 11 is 6.30. The molecule has 1 saturated heterocycles. The van der Waals surface area contributed by atoms with Gasteiger partial charge in [0.25, 0.3) is 0 Å². The molecule has 1 aliphatic carbocycles. The van der Waals surface area contributed by atoms with E-state index in [4.69, 9.17) is 16.3 Å². The van der Waals surface area contributed by atoms with Crippen LogP contribution in [0, 0.1) is 0 Å². The highest BCUT2D eigenvalue weighted by atomic mass is 35.5. The van der Waals surface area contributed by atoms with Gasteiger partial charge in [0.2, 0.25) is 10.0 Å². The number of hydrogen-bond acceptors (Lipinski definition) is 4. The zero-order valence-corrected chi connectivity index (χ0v) is 22.2. The Balaban J connectivity index is 0.00000324. The first-order valence-corrected chi connectivity index (χ1v) is 14.2. The molecule has 0 aromatic heterocycles. The van der Waals surface area contributed by atoms with E-state index in [1.807, 2.05) is 25.1 Å². The quantitative estimate of drug-likeness (QED) is 0.431. The Morgan fingerprint density at radius 1 is 1.15 bits per heavy atom. The number of nitrogens with zero attached hydrogens (tertiary/aromatic N) is 1. The van der Waals surface area contributed by atoms with Crippen LogP contribution < -0.4 is 9.46 Å². The second-order valence-corrected chi connectivity index (χ2v) is 11.6. The van der Waals surface area contributed by atoms with Gasteiger partial charge < -0.3 is 4.74 Å². The molecule has 2 aromatic carbocycles. The van der Waals surface area contributed by atoms with Gasteiger partial charge in [0.05, 0.1) is 5.75 Å². The summed E-state index contributed by atoms with van der Waals surface area (Å²) in [5.74, 6) is 1.34. The van der Waals surface area contributed by atoms with E-state index < -0.39 is 10.0 Å². The fraction of sp³-hybridized carbons (Fsp3) is 0.538. The van der Waals surface area contributed by atoms with Crippen LogP contribution in [0.2, 0.25) is 5.02 Å². The average Bonchev–Trinajstić information content (AvgIpc) is 3.32. The van der Waals surface area contributed by atoms with E-state index in [0.29, 0.717) is 25.0 Å². The fourth-order valence-corrected chi connectivity index (χ4v) is 6.62. The van der Waals surface area contributed by atoms with Crippen LogP contribution in [0.4, 0.5) is 0 Å². The molecular weight excluding hydrogens is 491 g/mol. The monoisotopic (exact) mass is 526 g/mol. The Kier molecular flexibility index (Phi) is 10.1. The maximum Gasteiger partial charge on any atom is 0.211 e. The van der Waals surface area contributed by atoms with Gasteiger partial charge in [0.1, 0.15) is 12.4 Å². The first-order valence-electron chi connectivity index (χ1n) is 12.2. The van der Waals surface area contributed by atoms with Crippen molar-refractivity contribution in [1.82, 2.24) is 9.62 Å². The van der Waals surface area contributed by atoms with Crippen molar-refractivity contribution in [3.8, 4) is 5.75 Å². The van der Waals surface area contributed by atoms with Gasteiger partial charge in [-0.05, 0) is 92.6 Å². The predicted molar refractivity (Wildman–Crippen MR) is 142 cm³/mol. The Morgan fingerprint density at radius 3 is 2.68 bits per heavy atom. The van der Waals surface area contributed by atoms with E-state index in [1.165, 1.54) is 49.0 Å². The summed E-state index contributed by atoms with van der Waals surface area (Å²) in [5, 5.41) is 0.781. The minimum atomic E-state index is -3.21. The van der Waals surface area contributed by atoms with Gasteiger partial charge >= 0.3 is 0 Å². The normalized spacial score (nSPS) is 20.5. The van der Waals surface area contributed by atoms with Gasteiger partial charge in [-0.1, -0.05) is 36.7 Å². The molecule has 1 fully saturated rings. The van der Waals surface area contributed by atoms with Crippen LogP contribution in [0.3, 0.4) is 0 Å². The van der Waals surface area contributed by atoms with Crippen molar-refractivity contribution in [3.63, 3.8) is 0 Å². The SMILES string of the molecule is CCCS(=O)(=O)NCCOc1ccc2c(c1)C(Cc1cccc(Cl)c1)C(N1CCCC1)CC2.Cl. The molecule has 2 atom stereocenters. The van der Waals surface area contributed by atoms with E-state index in [2.05, 4.69) is 33.9 Å². The van der Waals surface area contributed by atoms with Crippen LogP contribution in [0.15, 0.2) is 42.5 Å². The molecule has 2 aromatic rings. The van der Waals surface area contributed by atoms with Crippen LogP contribution in [0.5, 0.6) is 5.75 Å². The molecule has 8 heteroatoms. The van der Waals surface area contributed by atoms with Crippen molar-refractivity contribution in [2.24, 2.45) is 0 Å². The lowest BCUT2D eigenvalue weighted by molar-refractivity contribution is 0.188. The Bertz CT molecular complexity index is 1040. The highest BCUT2D eigenvalue weighted by molar-refractivity contribution is 7.89. The van der Waals surface area contributed by atoms with Crippen molar-refractivity contribution in [3.05, 3.63) is 64.2 Å². The number of nitrogens with one attached hydrogen (secondary N) is 1. The number of fused-ring (bicyclic) bond motifs is 1. The van der Waals surface area contributed by atoms with Gasteiger partial charge in [-0.3, -0.25) is 4.90 Å². The molecule has 0 bridgehead atoms. The first-order chi connectivity index (χ1) is 15.9. The number of hydrogen-bond donors (Lipinski definition) is 1. The average molecular weight is 528 g/mol. The fourth-order valence-electron chi connectivity index (χ4n) is 5.33. The second-order valence-electron chi connectivity index (χ2n) is 9.21. The molecule has 4 rings (SSSR count). The minimum Gasteiger partial charge on any atom is -0.492 e. The van der Waals surface area contributed by atoms with Crippen LogP contribution in [0.25, 0.3) is 0 Å². The second kappa shape index (κ2) is 12.6. The van der Waals surface area contributed by atoms with Crippen molar-refractivity contribution in [1.29, 1.82) is 0 Å². The zero-order chi connectivity index (χ0) is 23.3. The summed E-state index contributed by atoms with van der Waals surface area (Å²) < 4.78 is 32.3. The van der Waals surface area contributed by atoms with Crippen LogP contribution in [-0.2, 0) is 22.9 Å². The highest BCUT2D eigenvalue weighted by Crippen LogP contribution is 2.40. The maximum absolute atomic E-state index is 11.9. The summed E-state index contributed by atoms with van der Waals surface area (Å²) in [6.45, 7) is 4.82. The van der Waals surface area contributed by atoms with Crippen molar-refractivity contribution in [2.45, 2.75) is 57.4 Å². The third-order valence-corrected chi connectivity index (χ3v) is 8.64. The number of likely N-dealkylation sites (tertiary alicyclic amines) is 1. The number of sulfonamides is 1. The topological polar surface area (TPSA) is 58.6 Å². The number of aryl methyl sites for hydroxylation is 1. The van der Waals surface area contributed by atoms with Gasteiger partial charge in [-0.2, -0.15) is 0 Å². The highest BCUT2D eigenvalue weighted by Gasteiger charge is 2.35. The van der Waals surface area contributed by atoms with Crippen LogP contribution in [0.1, 0.15) is 55.2 Å². The molecule has 1 heterocycles. The van der Waals surface area contributed by atoms with E-state index >= 15 is 0 Å². The summed E-state index contributed by atoms with van der Waals surface area (Å²) in [5.41, 5.74) is 4.02. The molecule has 0 radical (unpaired) electrons. The zero-order valence-electron chi connectivity index (χ0n) is 19.8. The molecule has 5 nitrogen and oxygen atoms in total. The van der Waals surface area contributed by atoms with Gasteiger partial charge in [0, 0.05) is 23.5 Å². The number of halogens is 2. The van der Waals surface area contributed by atoms with Gasteiger partial charge in [0.15, 0.2) is 0 Å². The summed E-state index contributed by atoms with van der Waals surface area (Å²) in [6, 6.07) is 15.1. The number of ether oxygens (including phenoxy) is 1. The molecular formula is C26H36Cl2N2O3S. The molecule has 2 unspecified atom stereocenters. The van der Waals surface area contributed by atoms with E-state index in [0.717, 1.165) is 23.6 Å². The molecule has 1 aliphatic heterocycles. The molecule has 2 aliphatic rings. The molecule has 0 saturated carbocycles. The summed E-state index contributed by atoms with van der Waals surface area (Å²) in [7, 11) is -3.21. The lowest BCUT2D eigenvalue weighted by atomic mass is 9.75. The smallest absolute Gasteiger partial charge is 0.211 e. The van der Waals surface area contributed by atoms with Crippen LogP contribution >= 0.6 is 24.0 Å². The first kappa shape index (κ1) is 27.3. The molecule has 0 amide bonds. The third kappa shape index (κ3) is 7.11. The van der Waals surface area contributed by atoms with E-state index in [9.17, 15) is 8.42 Å². The molecule has 34 heavy (non-hydrogen) atoms. The maximum atomic E-state index is 11.9. The van der Waals surface area contributed by atoms with Crippen molar-refractivity contribution >= 4 is 34.0 Å². The molecule has 188 valence electrons. The van der Waals surface area contributed by atoms with Crippen molar-refractivity contribution < 1.29 is 13.2 Å². The van der Waals surface area contributed by atoms with Crippen molar-refractivity contribution in [2.75, 3.05) is 32.0 Å². The minimum absolute atomic E-state index is 0. The number of rotatable bonds is 10. The Morgan fingerprint density at radius 2 is 1.94 bits per heavy atom. The molecule has 0 spiro atoms. The Labute approximate surface area is 215 Å². The lowest BCUT2D eigenvalue weighted by Gasteiger charge is -2.39. The van der Waals surface area contributed by atoms with E-state index in [-0.39, 0.29) is 24.7 Å². The third-order valence-electron chi connectivity index (χ3n) is 6.81. The van der Waals surface area contributed by atoms with Crippen LogP contribution in [-0.4, -0.2) is 51.4 Å². The van der Waals surface area contributed by atoms with E-state index in [1.54, 1.807) is 0 Å². The Hall–Kier alpha value is -1.31. The van der Waals surface area contributed by atoms with Gasteiger partial charge in [-0.25, -0.2) is 13.1 Å². The largest absolute Gasteiger partial charge is 0.492 e. The lowest BCUT2D eigenvalue weighted by Crippen LogP contribution is -2.41. The molecule has 1 N–H and O–H groups in total. The number of benzene rings is 2. The summed E-state index contributed by atoms with van der Waals surface area (Å²) in [4.78, 5) is 2.67.